The summed E-state index contributed by atoms with van der Waals surface area (Å²) in [4.78, 5) is 13.9. The maximum atomic E-state index is 12.0. The molecule has 20 heavy (non-hydrogen) atoms. The van der Waals surface area contributed by atoms with Crippen LogP contribution < -0.4 is 5.32 Å². The number of anilines is 1. The van der Waals surface area contributed by atoms with Crippen molar-refractivity contribution < 1.29 is 9.90 Å². The molecule has 0 aromatic heterocycles. The molecule has 4 nitrogen and oxygen atoms in total. The van der Waals surface area contributed by atoms with Crippen molar-refractivity contribution in [1.82, 2.24) is 4.90 Å². The Morgan fingerprint density at radius 3 is 2.70 bits per heavy atom. The Bertz CT molecular complexity index is 473. The molecule has 5 heteroatoms. The van der Waals surface area contributed by atoms with Crippen LogP contribution in [0.3, 0.4) is 0 Å². The molecular formula is C15H21BrN2O2. The van der Waals surface area contributed by atoms with Gasteiger partial charge in [0.05, 0.1) is 17.8 Å². The predicted molar refractivity (Wildman–Crippen MR) is 83.7 cm³/mol. The van der Waals surface area contributed by atoms with E-state index in [4.69, 9.17) is 0 Å². The number of rotatable bonds is 5. The highest BCUT2D eigenvalue weighted by Crippen LogP contribution is 2.29. The second kappa shape index (κ2) is 6.70. The summed E-state index contributed by atoms with van der Waals surface area (Å²) in [5.41, 5.74) is 0.160. The fraction of sp³-hybridized carbons (Fsp3) is 0.533. The number of halogens is 1. The molecule has 1 saturated carbocycles. The fourth-order valence-electron chi connectivity index (χ4n) is 2.75. The topological polar surface area (TPSA) is 52.6 Å². The van der Waals surface area contributed by atoms with Crippen molar-refractivity contribution >= 4 is 27.5 Å². The predicted octanol–water partition coefficient (Wildman–Crippen LogP) is 2.62. The highest BCUT2D eigenvalue weighted by Gasteiger charge is 2.32. The summed E-state index contributed by atoms with van der Waals surface area (Å²) in [6, 6.07) is 7.53. The number of nitrogens with zero attached hydrogens (tertiary/aromatic N) is 1. The van der Waals surface area contributed by atoms with Gasteiger partial charge in [-0.2, -0.15) is 0 Å². The van der Waals surface area contributed by atoms with Crippen LogP contribution in [0.1, 0.15) is 25.7 Å². The van der Waals surface area contributed by atoms with Gasteiger partial charge in [-0.3, -0.25) is 9.69 Å². The minimum Gasteiger partial charge on any atom is -0.389 e. The molecule has 1 aromatic carbocycles. The van der Waals surface area contributed by atoms with Crippen molar-refractivity contribution in [3.05, 3.63) is 28.7 Å². The number of likely N-dealkylation sites (N-methyl/N-ethyl adjacent to an activating group) is 1. The largest absolute Gasteiger partial charge is 0.389 e. The molecule has 1 aliphatic carbocycles. The number of benzene rings is 1. The lowest BCUT2D eigenvalue weighted by Gasteiger charge is -2.28. The van der Waals surface area contributed by atoms with E-state index in [9.17, 15) is 9.90 Å². The van der Waals surface area contributed by atoms with Crippen LogP contribution in [0.5, 0.6) is 0 Å². The van der Waals surface area contributed by atoms with E-state index in [1.807, 2.05) is 36.2 Å². The van der Waals surface area contributed by atoms with Gasteiger partial charge < -0.3 is 10.4 Å². The third kappa shape index (κ3) is 4.30. The summed E-state index contributed by atoms with van der Waals surface area (Å²) in [6.45, 7) is 0.833. The number of amides is 1. The average Bonchev–Trinajstić information content (AvgIpc) is 2.78. The van der Waals surface area contributed by atoms with Gasteiger partial charge in [-0.15, -0.1) is 0 Å². The van der Waals surface area contributed by atoms with E-state index in [-0.39, 0.29) is 12.5 Å². The number of aliphatic hydroxyl groups is 1. The minimum absolute atomic E-state index is 0.0685. The molecular weight excluding hydrogens is 320 g/mol. The van der Waals surface area contributed by atoms with Crippen LogP contribution >= 0.6 is 15.9 Å². The van der Waals surface area contributed by atoms with Gasteiger partial charge in [-0.1, -0.05) is 25.0 Å². The fourth-order valence-corrected chi connectivity index (χ4v) is 3.13. The molecule has 0 saturated heterocycles. The SMILES string of the molecule is CN(CC(=O)Nc1ccccc1Br)CC1(O)CCCC1. The molecule has 0 atom stereocenters. The Morgan fingerprint density at radius 2 is 2.05 bits per heavy atom. The van der Waals surface area contributed by atoms with Gasteiger partial charge in [0.25, 0.3) is 0 Å². The van der Waals surface area contributed by atoms with Crippen LogP contribution in [0, 0.1) is 0 Å². The van der Waals surface area contributed by atoms with E-state index in [0.29, 0.717) is 6.54 Å². The average molecular weight is 341 g/mol. The Balaban J connectivity index is 1.83. The van der Waals surface area contributed by atoms with Crippen molar-refractivity contribution in [2.75, 3.05) is 25.5 Å². The van der Waals surface area contributed by atoms with Crippen molar-refractivity contribution in [2.24, 2.45) is 0 Å². The second-order valence-corrected chi connectivity index (χ2v) is 6.49. The van der Waals surface area contributed by atoms with Gasteiger partial charge in [0.1, 0.15) is 0 Å². The summed E-state index contributed by atoms with van der Waals surface area (Å²) >= 11 is 3.40. The molecule has 1 amide bonds. The molecule has 1 fully saturated rings. The Morgan fingerprint density at radius 1 is 1.40 bits per heavy atom. The summed E-state index contributed by atoms with van der Waals surface area (Å²) in [5.74, 6) is -0.0685. The lowest BCUT2D eigenvalue weighted by Crippen LogP contribution is -2.42. The highest BCUT2D eigenvalue weighted by atomic mass is 79.9. The van der Waals surface area contributed by atoms with Crippen molar-refractivity contribution in [1.29, 1.82) is 0 Å². The third-order valence-electron chi connectivity index (χ3n) is 3.66. The van der Waals surface area contributed by atoms with E-state index in [1.165, 1.54) is 0 Å². The lowest BCUT2D eigenvalue weighted by atomic mass is 10.0. The lowest BCUT2D eigenvalue weighted by molar-refractivity contribution is -0.117. The highest BCUT2D eigenvalue weighted by molar-refractivity contribution is 9.10. The molecule has 2 rings (SSSR count). The van der Waals surface area contributed by atoms with Crippen LogP contribution in [-0.2, 0) is 4.79 Å². The number of carbonyl (C=O) groups excluding carboxylic acids is 1. The first kappa shape index (κ1) is 15.5. The molecule has 0 unspecified atom stereocenters. The van der Waals surface area contributed by atoms with E-state index in [1.54, 1.807) is 0 Å². The number of carbonyl (C=O) groups is 1. The quantitative estimate of drug-likeness (QED) is 0.866. The number of nitrogens with one attached hydrogen (secondary N) is 1. The molecule has 2 N–H and O–H groups in total. The van der Waals surface area contributed by atoms with Crippen LogP contribution in [0.15, 0.2) is 28.7 Å². The van der Waals surface area contributed by atoms with E-state index in [2.05, 4.69) is 21.2 Å². The second-order valence-electron chi connectivity index (χ2n) is 5.63. The third-order valence-corrected chi connectivity index (χ3v) is 4.35. The van der Waals surface area contributed by atoms with Crippen molar-refractivity contribution in [3.8, 4) is 0 Å². The smallest absolute Gasteiger partial charge is 0.238 e. The van der Waals surface area contributed by atoms with Gasteiger partial charge in [0.2, 0.25) is 5.91 Å². The van der Waals surface area contributed by atoms with Crippen LogP contribution in [0.2, 0.25) is 0 Å². The van der Waals surface area contributed by atoms with E-state index < -0.39 is 5.60 Å². The van der Waals surface area contributed by atoms with E-state index in [0.717, 1.165) is 35.8 Å². The van der Waals surface area contributed by atoms with Crippen molar-refractivity contribution in [3.63, 3.8) is 0 Å². The zero-order chi connectivity index (χ0) is 14.6. The molecule has 0 heterocycles. The summed E-state index contributed by atoms with van der Waals surface area (Å²) < 4.78 is 0.866. The molecule has 0 aliphatic heterocycles. The van der Waals surface area contributed by atoms with Crippen LogP contribution in [0.4, 0.5) is 5.69 Å². The van der Waals surface area contributed by atoms with Gasteiger partial charge in [-0.05, 0) is 48.0 Å². The van der Waals surface area contributed by atoms with Gasteiger partial charge in [0.15, 0.2) is 0 Å². The Hall–Kier alpha value is -0.910. The van der Waals surface area contributed by atoms with Gasteiger partial charge >= 0.3 is 0 Å². The standard InChI is InChI=1S/C15H21BrN2O2/c1-18(11-15(20)8-4-5-9-15)10-14(19)17-13-7-3-2-6-12(13)16/h2-3,6-7,20H,4-5,8-11H2,1H3,(H,17,19). The molecule has 1 aromatic rings. The van der Waals surface area contributed by atoms with Crippen LogP contribution in [-0.4, -0.2) is 41.7 Å². The summed E-state index contributed by atoms with van der Waals surface area (Å²) in [5, 5.41) is 13.2. The van der Waals surface area contributed by atoms with Crippen molar-refractivity contribution in [2.45, 2.75) is 31.3 Å². The van der Waals surface area contributed by atoms with E-state index >= 15 is 0 Å². The number of hydrogen-bond acceptors (Lipinski definition) is 3. The minimum atomic E-state index is -0.609. The number of para-hydroxylation sites is 1. The van der Waals surface area contributed by atoms with Gasteiger partial charge in [0, 0.05) is 11.0 Å². The first-order valence-corrected chi connectivity index (χ1v) is 7.73. The monoisotopic (exact) mass is 340 g/mol. The maximum absolute atomic E-state index is 12.0. The Kier molecular flexibility index (Phi) is 5.18. The Labute approximate surface area is 128 Å². The number of hydrogen-bond donors (Lipinski definition) is 2. The first-order chi connectivity index (χ1) is 9.48. The van der Waals surface area contributed by atoms with Crippen LogP contribution in [0.25, 0.3) is 0 Å². The zero-order valence-electron chi connectivity index (χ0n) is 11.7. The molecule has 0 bridgehead atoms. The summed E-state index contributed by atoms with van der Waals surface area (Å²) in [6.07, 6.45) is 3.83. The normalized spacial score (nSPS) is 17.4. The zero-order valence-corrected chi connectivity index (χ0v) is 13.3. The van der Waals surface area contributed by atoms with Gasteiger partial charge in [-0.25, -0.2) is 0 Å². The summed E-state index contributed by atoms with van der Waals surface area (Å²) in [7, 11) is 1.87. The molecule has 1 aliphatic rings. The molecule has 110 valence electrons. The molecule has 0 radical (unpaired) electrons. The maximum Gasteiger partial charge on any atom is 0.238 e. The first-order valence-electron chi connectivity index (χ1n) is 6.94. The molecule has 0 spiro atoms.